The van der Waals surface area contributed by atoms with Gasteiger partial charge in [0.2, 0.25) is 0 Å². The van der Waals surface area contributed by atoms with Crippen molar-refractivity contribution in [2.45, 2.75) is 12.8 Å². The highest BCUT2D eigenvalue weighted by atomic mass is 16.6. The molecule has 1 aromatic carbocycles. The number of phenolic OH excluding ortho intramolecular Hbond substituents is 1. The summed E-state index contributed by atoms with van der Waals surface area (Å²) in [5, 5.41) is 9.45. The second kappa shape index (κ2) is 4.08. The van der Waals surface area contributed by atoms with Gasteiger partial charge in [-0.15, -0.1) is 0 Å². The molecule has 3 N–H and O–H groups in total. The van der Waals surface area contributed by atoms with E-state index in [2.05, 4.69) is 11.8 Å². The Morgan fingerprint density at radius 2 is 2.40 bits per heavy atom. The lowest BCUT2D eigenvalue weighted by molar-refractivity contribution is 0.126. The van der Waals surface area contributed by atoms with Crippen molar-refractivity contribution in [2.75, 3.05) is 24.6 Å². The van der Waals surface area contributed by atoms with Gasteiger partial charge in [-0.05, 0) is 30.7 Å². The van der Waals surface area contributed by atoms with E-state index in [-0.39, 0.29) is 5.92 Å². The molecule has 0 fully saturated rings. The molecule has 1 heterocycles. The molecular formula is C11H16N2O2. The minimum absolute atomic E-state index is 0.261. The van der Waals surface area contributed by atoms with Gasteiger partial charge in [0, 0.05) is 24.7 Å². The zero-order chi connectivity index (χ0) is 10.8. The zero-order valence-corrected chi connectivity index (χ0v) is 8.81. The molecule has 0 bridgehead atoms. The molecule has 1 aliphatic rings. The fraction of sp³-hybridized carbons (Fsp3) is 0.455. The van der Waals surface area contributed by atoms with Crippen LogP contribution in [0, 0.1) is 0 Å². The standard InChI is InChI=1S/C11H16N2O2/c1-2-13-6-8(7-15-12)10-5-9(14)3-4-11(10)13/h3-5,8,14H,2,6-7,12H2,1H3. The Morgan fingerprint density at radius 1 is 1.60 bits per heavy atom. The van der Waals surface area contributed by atoms with Crippen LogP contribution in [0.15, 0.2) is 18.2 Å². The molecular weight excluding hydrogens is 192 g/mol. The van der Waals surface area contributed by atoms with Crippen LogP contribution in [0.5, 0.6) is 5.75 Å². The molecule has 1 atom stereocenters. The minimum Gasteiger partial charge on any atom is -0.508 e. The highest BCUT2D eigenvalue weighted by Gasteiger charge is 2.27. The molecule has 4 heteroatoms. The van der Waals surface area contributed by atoms with Crippen LogP contribution in [0.2, 0.25) is 0 Å². The lowest BCUT2D eigenvalue weighted by atomic mass is 10.0. The van der Waals surface area contributed by atoms with Gasteiger partial charge < -0.3 is 14.8 Å². The first-order valence-electron chi connectivity index (χ1n) is 5.15. The second-order valence-electron chi connectivity index (χ2n) is 3.81. The summed E-state index contributed by atoms with van der Waals surface area (Å²) in [5.41, 5.74) is 2.31. The third-order valence-corrected chi connectivity index (χ3v) is 2.91. The molecule has 0 spiro atoms. The van der Waals surface area contributed by atoms with E-state index in [1.54, 1.807) is 12.1 Å². The summed E-state index contributed by atoms with van der Waals surface area (Å²) < 4.78 is 0. The van der Waals surface area contributed by atoms with Crippen LogP contribution in [0.25, 0.3) is 0 Å². The van der Waals surface area contributed by atoms with Crippen molar-refractivity contribution in [3.8, 4) is 5.75 Å². The third kappa shape index (κ3) is 1.78. The summed E-state index contributed by atoms with van der Waals surface area (Å²) in [6, 6.07) is 5.46. The molecule has 1 unspecified atom stereocenters. The Kier molecular flexibility index (Phi) is 2.79. The number of rotatable bonds is 3. The predicted octanol–water partition coefficient (Wildman–Crippen LogP) is 1.21. The fourth-order valence-corrected chi connectivity index (χ4v) is 2.18. The van der Waals surface area contributed by atoms with Crippen LogP contribution in [-0.4, -0.2) is 24.8 Å². The van der Waals surface area contributed by atoms with E-state index >= 15 is 0 Å². The molecule has 0 radical (unpaired) electrons. The average Bonchev–Trinajstić information content (AvgIpc) is 2.57. The van der Waals surface area contributed by atoms with E-state index in [4.69, 9.17) is 10.7 Å². The molecule has 0 aliphatic carbocycles. The van der Waals surface area contributed by atoms with Gasteiger partial charge in [-0.2, -0.15) is 0 Å². The van der Waals surface area contributed by atoms with Gasteiger partial charge in [-0.25, -0.2) is 5.90 Å². The number of nitrogens with zero attached hydrogens (tertiary/aromatic N) is 1. The maximum absolute atomic E-state index is 9.45. The molecule has 0 saturated carbocycles. The molecule has 4 nitrogen and oxygen atoms in total. The number of benzene rings is 1. The minimum atomic E-state index is 0.261. The number of fused-ring (bicyclic) bond motifs is 1. The monoisotopic (exact) mass is 208 g/mol. The number of anilines is 1. The molecule has 0 amide bonds. The topological polar surface area (TPSA) is 58.7 Å². The van der Waals surface area contributed by atoms with Gasteiger partial charge in [-0.3, -0.25) is 0 Å². The Morgan fingerprint density at radius 3 is 3.07 bits per heavy atom. The van der Waals surface area contributed by atoms with Gasteiger partial charge in [0.25, 0.3) is 0 Å². The van der Waals surface area contributed by atoms with E-state index in [1.807, 2.05) is 6.07 Å². The molecule has 15 heavy (non-hydrogen) atoms. The quantitative estimate of drug-likeness (QED) is 0.733. The van der Waals surface area contributed by atoms with Gasteiger partial charge in [-0.1, -0.05) is 0 Å². The number of aromatic hydroxyl groups is 1. The van der Waals surface area contributed by atoms with Gasteiger partial charge in [0.1, 0.15) is 5.75 Å². The van der Waals surface area contributed by atoms with Crippen LogP contribution in [-0.2, 0) is 4.84 Å². The molecule has 2 rings (SSSR count). The Labute approximate surface area is 89.2 Å². The average molecular weight is 208 g/mol. The maximum atomic E-state index is 9.45. The normalized spacial score (nSPS) is 19.3. The Bertz CT molecular complexity index is 354. The number of hydrogen-bond acceptors (Lipinski definition) is 4. The highest BCUT2D eigenvalue weighted by Crippen LogP contribution is 2.37. The summed E-state index contributed by atoms with van der Waals surface area (Å²) in [6.45, 7) is 4.47. The van der Waals surface area contributed by atoms with E-state index in [0.29, 0.717) is 12.4 Å². The molecule has 0 saturated heterocycles. The molecule has 82 valence electrons. The third-order valence-electron chi connectivity index (χ3n) is 2.91. The smallest absolute Gasteiger partial charge is 0.116 e. The number of likely N-dealkylation sites (N-methyl/N-ethyl adjacent to an activating group) is 1. The predicted molar refractivity (Wildman–Crippen MR) is 58.9 cm³/mol. The van der Waals surface area contributed by atoms with Crippen molar-refractivity contribution in [1.82, 2.24) is 0 Å². The molecule has 1 aliphatic heterocycles. The summed E-state index contributed by atoms with van der Waals surface area (Å²) in [6.07, 6.45) is 0. The van der Waals surface area contributed by atoms with Crippen molar-refractivity contribution in [2.24, 2.45) is 5.90 Å². The lowest BCUT2D eigenvalue weighted by Gasteiger charge is -2.16. The second-order valence-corrected chi connectivity index (χ2v) is 3.81. The SMILES string of the molecule is CCN1CC(CON)c2cc(O)ccc21. The Balaban J connectivity index is 2.34. The first-order chi connectivity index (χ1) is 7.26. The van der Waals surface area contributed by atoms with Crippen LogP contribution < -0.4 is 10.8 Å². The summed E-state index contributed by atoms with van der Waals surface area (Å²) in [5.74, 6) is 5.67. The van der Waals surface area contributed by atoms with Crippen LogP contribution in [0.3, 0.4) is 0 Å². The van der Waals surface area contributed by atoms with Crippen LogP contribution in [0.4, 0.5) is 5.69 Å². The van der Waals surface area contributed by atoms with Crippen molar-refractivity contribution in [3.63, 3.8) is 0 Å². The number of nitrogens with two attached hydrogens (primary N) is 1. The fourth-order valence-electron chi connectivity index (χ4n) is 2.18. The summed E-state index contributed by atoms with van der Waals surface area (Å²) >= 11 is 0. The maximum Gasteiger partial charge on any atom is 0.116 e. The lowest BCUT2D eigenvalue weighted by Crippen LogP contribution is -2.23. The summed E-state index contributed by atoms with van der Waals surface area (Å²) in [4.78, 5) is 6.97. The number of phenols is 1. The molecule has 0 aromatic heterocycles. The van der Waals surface area contributed by atoms with Crippen molar-refractivity contribution in [1.29, 1.82) is 0 Å². The van der Waals surface area contributed by atoms with E-state index in [1.165, 1.54) is 5.69 Å². The van der Waals surface area contributed by atoms with Gasteiger partial charge >= 0.3 is 0 Å². The first kappa shape index (κ1) is 10.3. The van der Waals surface area contributed by atoms with Crippen molar-refractivity contribution >= 4 is 5.69 Å². The zero-order valence-electron chi connectivity index (χ0n) is 8.81. The first-order valence-corrected chi connectivity index (χ1v) is 5.15. The highest BCUT2D eigenvalue weighted by molar-refractivity contribution is 5.62. The van der Waals surface area contributed by atoms with Crippen molar-refractivity contribution < 1.29 is 9.94 Å². The van der Waals surface area contributed by atoms with Crippen molar-refractivity contribution in [3.05, 3.63) is 23.8 Å². The van der Waals surface area contributed by atoms with Crippen LogP contribution >= 0.6 is 0 Å². The Hall–Kier alpha value is -1.26. The summed E-state index contributed by atoms with van der Waals surface area (Å²) in [7, 11) is 0. The van der Waals surface area contributed by atoms with Crippen LogP contribution in [0.1, 0.15) is 18.4 Å². The van der Waals surface area contributed by atoms with E-state index in [9.17, 15) is 5.11 Å². The van der Waals surface area contributed by atoms with E-state index < -0.39 is 0 Å². The molecule has 1 aromatic rings. The largest absolute Gasteiger partial charge is 0.508 e. The number of hydrogen-bond donors (Lipinski definition) is 2. The van der Waals surface area contributed by atoms with E-state index in [0.717, 1.165) is 18.7 Å². The van der Waals surface area contributed by atoms with Gasteiger partial charge in [0.05, 0.1) is 6.61 Å². The van der Waals surface area contributed by atoms with Gasteiger partial charge in [0.15, 0.2) is 0 Å².